The van der Waals surface area contributed by atoms with Crippen LogP contribution < -0.4 is 10.6 Å². The van der Waals surface area contributed by atoms with E-state index in [9.17, 15) is 9.90 Å². The van der Waals surface area contributed by atoms with Crippen LogP contribution in [0.15, 0.2) is 43.0 Å². The summed E-state index contributed by atoms with van der Waals surface area (Å²) < 4.78 is 23.0. The summed E-state index contributed by atoms with van der Waals surface area (Å²) in [6, 6.07) is 8.34. The fourth-order valence-corrected chi connectivity index (χ4v) is 3.54. The number of nitrogens with one attached hydrogen (secondary N) is 2. The number of carbonyl (C=O) groups is 1. The molecule has 1 aromatic rings. The molecule has 2 saturated heterocycles. The van der Waals surface area contributed by atoms with E-state index in [2.05, 4.69) is 17.2 Å². The Hall–Kier alpha value is -1.97. The van der Waals surface area contributed by atoms with E-state index in [1.807, 2.05) is 36.4 Å². The lowest BCUT2D eigenvalue weighted by molar-refractivity contribution is -0.340. The Morgan fingerprint density at radius 2 is 2.10 bits per heavy atom. The summed E-state index contributed by atoms with van der Waals surface area (Å²) in [5.74, 6) is 0. The Bertz CT molecular complexity index is 658. The highest BCUT2D eigenvalue weighted by Gasteiger charge is 2.50. The third-order valence-electron chi connectivity index (χ3n) is 5.09. The van der Waals surface area contributed by atoms with E-state index in [-0.39, 0.29) is 12.6 Å². The van der Waals surface area contributed by atoms with Crippen molar-refractivity contribution in [2.75, 3.05) is 20.3 Å². The molecular weight excluding hydrogens is 376 g/mol. The number of urea groups is 1. The van der Waals surface area contributed by atoms with E-state index in [4.69, 9.17) is 18.9 Å². The zero-order chi connectivity index (χ0) is 20.6. The minimum Gasteiger partial charge on any atom is -0.388 e. The van der Waals surface area contributed by atoms with Gasteiger partial charge in [0.05, 0.1) is 6.61 Å². The number of aliphatic hydroxyl groups excluding tert-OH is 1. The number of rotatable bonds is 8. The molecule has 0 bridgehead atoms. The van der Waals surface area contributed by atoms with Crippen LogP contribution in [0.4, 0.5) is 4.79 Å². The summed E-state index contributed by atoms with van der Waals surface area (Å²) in [4.78, 5) is 12.3. The van der Waals surface area contributed by atoms with Crippen molar-refractivity contribution in [3.05, 3.63) is 48.6 Å². The van der Waals surface area contributed by atoms with Gasteiger partial charge < -0.3 is 34.7 Å². The standard InChI is InChI=1S/C21H30N2O6/c1-3-4-5-9-12-22-21(25)23-16-17(24)18-15(28-20(16)26-2)13-27-19(29-18)14-10-7-6-8-11-14/h3,6-8,10-11,15-20,24H,1,4-5,9,12-13H2,2H3,(H2,22,23,25)/t15-,16-,17-,18-,19?,20+/m1/s1. The summed E-state index contributed by atoms with van der Waals surface area (Å²) in [5, 5.41) is 16.5. The molecule has 2 heterocycles. The van der Waals surface area contributed by atoms with Crippen molar-refractivity contribution in [3.8, 4) is 0 Å². The molecule has 160 valence electrons. The molecule has 0 aromatic heterocycles. The average Bonchev–Trinajstić information content (AvgIpc) is 2.75. The van der Waals surface area contributed by atoms with Crippen LogP contribution in [0.5, 0.6) is 0 Å². The van der Waals surface area contributed by atoms with Crippen LogP contribution in [0, 0.1) is 0 Å². The number of fused-ring (bicyclic) bond motifs is 1. The van der Waals surface area contributed by atoms with Gasteiger partial charge in [-0.1, -0.05) is 36.4 Å². The molecule has 8 heteroatoms. The highest BCUT2D eigenvalue weighted by molar-refractivity contribution is 5.74. The van der Waals surface area contributed by atoms with Gasteiger partial charge in [0.25, 0.3) is 0 Å². The van der Waals surface area contributed by atoms with Crippen molar-refractivity contribution in [1.82, 2.24) is 10.6 Å². The van der Waals surface area contributed by atoms with Crippen molar-refractivity contribution in [2.45, 2.75) is 56.2 Å². The Balaban J connectivity index is 1.59. The van der Waals surface area contributed by atoms with Crippen molar-refractivity contribution in [3.63, 3.8) is 0 Å². The van der Waals surface area contributed by atoms with E-state index in [0.29, 0.717) is 6.54 Å². The first kappa shape index (κ1) is 21.7. The highest BCUT2D eigenvalue weighted by Crippen LogP contribution is 2.34. The van der Waals surface area contributed by atoms with Gasteiger partial charge >= 0.3 is 6.03 Å². The lowest BCUT2D eigenvalue weighted by atomic mass is 9.96. The van der Waals surface area contributed by atoms with Crippen molar-refractivity contribution in [2.24, 2.45) is 0 Å². The second-order valence-corrected chi connectivity index (χ2v) is 7.16. The number of unbranched alkanes of at least 4 members (excludes halogenated alkanes) is 2. The van der Waals surface area contributed by atoms with Crippen LogP contribution in [0.3, 0.4) is 0 Å². The number of ether oxygens (including phenoxy) is 4. The van der Waals surface area contributed by atoms with Crippen LogP contribution in [-0.2, 0) is 18.9 Å². The van der Waals surface area contributed by atoms with Crippen molar-refractivity contribution < 1.29 is 28.8 Å². The number of allylic oxidation sites excluding steroid dienone is 1. The molecule has 2 fully saturated rings. The van der Waals surface area contributed by atoms with E-state index >= 15 is 0 Å². The van der Waals surface area contributed by atoms with Gasteiger partial charge in [0.2, 0.25) is 0 Å². The monoisotopic (exact) mass is 406 g/mol. The molecule has 1 unspecified atom stereocenters. The molecule has 1 aromatic carbocycles. The molecule has 29 heavy (non-hydrogen) atoms. The van der Waals surface area contributed by atoms with Gasteiger partial charge in [0.15, 0.2) is 12.6 Å². The fraction of sp³-hybridized carbons (Fsp3) is 0.571. The molecule has 3 rings (SSSR count). The Morgan fingerprint density at radius 1 is 1.31 bits per heavy atom. The smallest absolute Gasteiger partial charge is 0.315 e. The van der Waals surface area contributed by atoms with Gasteiger partial charge in [-0.25, -0.2) is 4.79 Å². The summed E-state index contributed by atoms with van der Waals surface area (Å²) in [6.07, 6.45) is 1.00. The minimum atomic E-state index is -1.01. The van der Waals surface area contributed by atoms with Crippen LogP contribution >= 0.6 is 0 Å². The highest BCUT2D eigenvalue weighted by atomic mass is 16.7. The number of benzene rings is 1. The topological polar surface area (TPSA) is 98.3 Å². The molecule has 2 aliphatic rings. The van der Waals surface area contributed by atoms with Gasteiger partial charge in [0, 0.05) is 19.2 Å². The molecule has 3 N–H and O–H groups in total. The number of hydrogen-bond acceptors (Lipinski definition) is 6. The minimum absolute atomic E-state index is 0.253. The second-order valence-electron chi connectivity index (χ2n) is 7.16. The van der Waals surface area contributed by atoms with E-state index in [1.165, 1.54) is 7.11 Å². The molecule has 0 aliphatic carbocycles. The third-order valence-corrected chi connectivity index (χ3v) is 5.09. The van der Waals surface area contributed by atoms with Gasteiger partial charge in [-0.2, -0.15) is 0 Å². The Kier molecular flexibility index (Phi) is 8.02. The third kappa shape index (κ3) is 5.55. The maximum absolute atomic E-state index is 12.3. The van der Waals surface area contributed by atoms with Crippen LogP contribution in [0.2, 0.25) is 0 Å². The van der Waals surface area contributed by atoms with Crippen LogP contribution in [-0.4, -0.2) is 62.0 Å². The maximum atomic E-state index is 12.3. The molecule has 6 atom stereocenters. The Labute approximate surface area is 171 Å². The lowest BCUT2D eigenvalue weighted by Gasteiger charge is -2.47. The first-order valence-electron chi connectivity index (χ1n) is 9.97. The number of aliphatic hydroxyl groups is 1. The van der Waals surface area contributed by atoms with Crippen LogP contribution in [0.25, 0.3) is 0 Å². The second kappa shape index (κ2) is 10.7. The number of hydrogen-bond donors (Lipinski definition) is 3. The zero-order valence-corrected chi connectivity index (χ0v) is 16.7. The maximum Gasteiger partial charge on any atom is 0.315 e. The Morgan fingerprint density at radius 3 is 2.83 bits per heavy atom. The molecule has 2 aliphatic heterocycles. The predicted molar refractivity (Wildman–Crippen MR) is 106 cm³/mol. The van der Waals surface area contributed by atoms with Crippen molar-refractivity contribution in [1.29, 1.82) is 0 Å². The molecular formula is C21H30N2O6. The normalized spacial score (nSPS) is 31.5. The zero-order valence-electron chi connectivity index (χ0n) is 16.7. The SMILES string of the molecule is C=CCCCCNC(=O)N[C@H]1[C@@H](OC)O[C@@H]2COC(c3ccccc3)O[C@H]2[C@@H]1O. The van der Waals surface area contributed by atoms with Gasteiger partial charge in [-0.3, -0.25) is 0 Å². The molecule has 0 saturated carbocycles. The predicted octanol–water partition coefficient (Wildman–Crippen LogP) is 1.86. The molecule has 2 amide bonds. The van der Waals surface area contributed by atoms with Crippen molar-refractivity contribution >= 4 is 6.03 Å². The first-order chi connectivity index (χ1) is 14.1. The number of carbonyl (C=O) groups excluding carboxylic acids is 1. The number of methoxy groups -OCH3 is 1. The van der Waals surface area contributed by atoms with Gasteiger partial charge in [-0.15, -0.1) is 6.58 Å². The largest absolute Gasteiger partial charge is 0.388 e. The summed E-state index contributed by atoms with van der Waals surface area (Å²) in [5.41, 5.74) is 0.855. The quantitative estimate of drug-likeness (QED) is 0.450. The average molecular weight is 406 g/mol. The summed E-state index contributed by atoms with van der Waals surface area (Å²) in [7, 11) is 1.47. The molecule has 8 nitrogen and oxygen atoms in total. The summed E-state index contributed by atoms with van der Waals surface area (Å²) in [6.45, 7) is 4.47. The first-order valence-corrected chi connectivity index (χ1v) is 9.97. The molecule has 0 spiro atoms. The van der Waals surface area contributed by atoms with E-state index < -0.39 is 36.9 Å². The fourth-order valence-electron chi connectivity index (χ4n) is 3.54. The lowest BCUT2D eigenvalue weighted by Crippen LogP contribution is -2.67. The van der Waals surface area contributed by atoms with Gasteiger partial charge in [-0.05, 0) is 19.3 Å². The molecule has 0 radical (unpaired) electrons. The van der Waals surface area contributed by atoms with Crippen LogP contribution in [0.1, 0.15) is 31.1 Å². The number of amides is 2. The summed E-state index contributed by atoms with van der Waals surface area (Å²) >= 11 is 0. The van der Waals surface area contributed by atoms with Gasteiger partial charge in [0.1, 0.15) is 24.4 Å². The van der Waals surface area contributed by atoms with E-state index in [0.717, 1.165) is 24.8 Å². The van der Waals surface area contributed by atoms with E-state index in [1.54, 1.807) is 0 Å².